The quantitative estimate of drug-likeness (QED) is 0.570. The molecule has 2 heterocycles. The summed E-state index contributed by atoms with van der Waals surface area (Å²) in [5.41, 5.74) is 2.31. The van der Waals surface area contributed by atoms with Crippen molar-refractivity contribution in [1.29, 1.82) is 0 Å². The minimum Gasteiger partial charge on any atom is -0.494 e. The fraction of sp³-hybridized carbons (Fsp3) is 0.333. The average molecular weight is 389 g/mol. The second-order valence-corrected chi connectivity index (χ2v) is 7.56. The maximum absolute atomic E-state index is 12.2. The fourth-order valence-corrected chi connectivity index (χ4v) is 3.82. The molecule has 0 aliphatic carbocycles. The Hall–Kier alpha value is -2.92. The minimum absolute atomic E-state index is 0.146. The van der Waals surface area contributed by atoms with Crippen LogP contribution in [0.2, 0.25) is 0 Å². The summed E-state index contributed by atoms with van der Waals surface area (Å²) in [5.74, 6) is 0.861. The highest BCUT2D eigenvalue weighted by Crippen LogP contribution is 2.21. The van der Waals surface area contributed by atoms with Crippen LogP contribution in [0.3, 0.4) is 0 Å². The van der Waals surface area contributed by atoms with Crippen molar-refractivity contribution in [2.75, 3.05) is 19.7 Å². The molecule has 1 saturated heterocycles. The third-order valence-electron chi connectivity index (χ3n) is 5.50. The van der Waals surface area contributed by atoms with Gasteiger partial charge in [-0.05, 0) is 75.2 Å². The van der Waals surface area contributed by atoms with Crippen molar-refractivity contribution < 1.29 is 4.74 Å². The summed E-state index contributed by atoms with van der Waals surface area (Å²) in [7, 11) is 0. The average Bonchev–Trinajstić information content (AvgIpc) is 3.17. The van der Waals surface area contributed by atoms with E-state index in [1.807, 2.05) is 54.6 Å². The lowest BCUT2D eigenvalue weighted by Gasteiger charge is -2.20. The molecule has 0 spiro atoms. The van der Waals surface area contributed by atoms with E-state index in [9.17, 15) is 4.79 Å². The number of likely N-dealkylation sites (tertiary alicyclic amines) is 1. The first-order chi connectivity index (χ1) is 14.2. The molecule has 0 radical (unpaired) electrons. The highest BCUT2D eigenvalue weighted by molar-refractivity contribution is 5.59. The van der Waals surface area contributed by atoms with Crippen LogP contribution in [0.1, 0.15) is 26.2 Å². The van der Waals surface area contributed by atoms with E-state index in [0.717, 1.165) is 42.3 Å². The monoisotopic (exact) mass is 389 g/mol. The standard InChI is InChI=1S/C24H27N3O2/c1-19-7-5-16-26(19)17-6-18-29-22-12-10-20(11-13-22)23-14-15-24(28)27(25-23)21-8-3-2-4-9-21/h2-4,8-15,19H,5-7,16-18H2,1H3/t19-/m1/s1. The second kappa shape index (κ2) is 9.05. The lowest BCUT2D eigenvalue weighted by atomic mass is 10.1. The van der Waals surface area contributed by atoms with Gasteiger partial charge in [0, 0.05) is 24.2 Å². The molecule has 1 aliphatic rings. The summed E-state index contributed by atoms with van der Waals surface area (Å²) < 4.78 is 7.33. The molecule has 1 aromatic heterocycles. The Morgan fingerprint density at radius 2 is 1.83 bits per heavy atom. The smallest absolute Gasteiger partial charge is 0.271 e. The Balaban J connectivity index is 1.38. The summed E-state index contributed by atoms with van der Waals surface area (Å²) in [6.45, 7) is 5.35. The summed E-state index contributed by atoms with van der Waals surface area (Å²) >= 11 is 0. The van der Waals surface area contributed by atoms with Crippen molar-refractivity contribution in [2.45, 2.75) is 32.2 Å². The van der Waals surface area contributed by atoms with Gasteiger partial charge in [-0.2, -0.15) is 9.78 Å². The molecule has 0 unspecified atom stereocenters. The maximum Gasteiger partial charge on any atom is 0.271 e. The molecule has 0 saturated carbocycles. The van der Waals surface area contributed by atoms with Gasteiger partial charge in [0.1, 0.15) is 5.75 Å². The molecule has 150 valence electrons. The zero-order valence-corrected chi connectivity index (χ0v) is 16.8. The SMILES string of the molecule is C[C@@H]1CCCN1CCCOc1ccc(-c2ccc(=O)n(-c3ccccc3)n2)cc1. The predicted octanol–water partition coefficient (Wildman–Crippen LogP) is 4.15. The number of hydrogen-bond donors (Lipinski definition) is 0. The van der Waals surface area contributed by atoms with Crippen LogP contribution in [0.15, 0.2) is 71.5 Å². The predicted molar refractivity (Wildman–Crippen MR) is 116 cm³/mol. The Morgan fingerprint density at radius 3 is 2.55 bits per heavy atom. The van der Waals surface area contributed by atoms with Crippen molar-refractivity contribution in [2.24, 2.45) is 0 Å². The Kier molecular flexibility index (Phi) is 6.06. The van der Waals surface area contributed by atoms with Gasteiger partial charge in [-0.15, -0.1) is 0 Å². The van der Waals surface area contributed by atoms with Gasteiger partial charge in [-0.1, -0.05) is 18.2 Å². The summed E-state index contributed by atoms with van der Waals surface area (Å²) in [5, 5.41) is 4.53. The molecule has 1 atom stereocenters. The van der Waals surface area contributed by atoms with E-state index < -0.39 is 0 Å². The summed E-state index contributed by atoms with van der Waals surface area (Å²) in [6.07, 6.45) is 3.67. The van der Waals surface area contributed by atoms with E-state index >= 15 is 0 Å². The van der Waals surface area contributed by atoms with E-state index in [4.69, 9.17) is 4.74 Å². The molecule has 1 fully saturated rings. The maximum atomic E-state index is 12.2. The molecule has 5 heteroatoms. The number of rotatable bonds is 7. The zero-order chi connectivity index (χ0) is 20.1. The van der Waals surface area contributed by atoms with E-state index in [-0.39, 0.29) is 5.56 Å². The highest BCUT2D eigenvalue weighted by Gasteiger charge is 2.19. The minimum atomic E-state index is -0.146. The van der Waals surface area contributed by atoms with Gasteiger partial charge in [-0.3, -0.25) is 4.79 Å². The van der Waals surface area contributed by atoms with Gasteiger partial charge in [0.15, 0.2) is 0 Å². The molecule has 4 rings (SSSR count). The van der Waals surface area contributed by atoms with Crippen LogP contribution in [-0.4, -0.2) is 40.4 Å². The number of ether oxygens (including phenoxy) is 1. The Bertz CT molecular complexity index is 983. The van der Waals surface area contributed by atoms with Crippen molar-refractivity contribution in [1.82, 2.24) is 14.7 Å². The molecule has 0 amide bonds. The normalized spacial score (nSPS) is 16.8. The van der Waals surface area contributed by atoms with E-state index in [0.29, 0.717) is 6.04 Å². The summed E-state index contributed by atoms with van der Waals surface area (Å²) in [4.78, 5) is 14.7. The zero-order valence-electron chi connectivity index (χ0n) is 16.8. The largest absolute Gasteiger partial charge is 0.494 e. The first kappa shape index (κ1) is 19.4. The third kappa shape index (κ3) is 4.74. The van der Waals surface area contributed by atoms with Crippen LogP contribution in [0.4, 0.5) is 0 Å². The lowest BCUT2D eigenvalue weighted by Crippen LogP contribution is -2.28. The molecular weight excluding hydrogens is 362 g/mol. The third-order valence-corrected chi connectivity index (χ3v) is 5.50. The molecule has 0 bridgehead atoms. The molecule has 5 nitrogen and oxygen atoms in total. The van der Waals surface area contributed by atoms with Crippen LogP contribution in [0, 0.1) is 0 Å². The molecular formula is C24H27N3O2. The Morgan fingerprint density at radius 1 is 1.03 bits per heavy atom. The van der Waals surface area contributed by atoms with E-state index in [1.54, 1.807) is 12.1 Å². The van der Waals surface area contributed by atoms with Crippen LogP contribution < -0.4 is 10.3 Å². The van der Waals surface area contributed by atoms with E-state index in [2.05, 4.69) is 16.9 Å². The van der Waals surface area contributed by atoms with Gasteiger partial charge in [0.25, 0.3) is 5.56 Å². The topological polar surface area (TPSA) is 47.4 Å². The molecule has 3 aromatic rings. The van der Waals surface area contributed by atoms with Gasteiger partial charge < -0.3 is 9.64 Å². The molecule has 1 aliphatic heterocycles. The van der Waals surface area contributed by atoms with Crippen LogP contribution in [0.5, 0.6) is 5.75 Å². The second-order valence-electron chi connectivity index (χ2n) is 7.56. The number of hydrogen-bond acceptors (Lipinski definition) is 4. The van der Waals surface area contributed by atoms with E-state index in [1.165, 1.54) is 24.1 Å². The molecule has 2 aromatic carbocycles. The van der Waals surface area contributed by atoms with Gasteiger partial charge in [0.2, 0.25) is 0 Å². The van der Waals surface area contributed by atoms with Crippen molar-refractivity contribution >= 4 is 0 Å². The molecule has 0 N–H and O–H groups in total. The van der Waals surface area contributed by atoms with Gasteiger partial charge >= 0.3 is 0 Å². The van der Waals surface area contributed by atoms with Crippen LogP contribution >= 0.6 is 0 Å². The van der Waals surface area contributed by atoms with Crippen molar-refractivity contribution in [3.05, 3.63) is 77.1 Å². The van der Waals surface area contributed by atoms with Crippen LogP contribution in [0.25, 0.3) is 16.9 Å². The van der Waals surface area contributed by atoms with Crippen molar-refractivity contribution in [3.63, 3.8) is 0 Å². The van der Waals surface area contributed by atoms with Gasteiger partial charge in [0.05, 0.1) is 18.0 Å². The number of nitrogens with zero attached hydrogens (tertiary/aromatic N) is 3. The number of aromatic nitrogens is 2. The Labute approximate surface area is 171 Å². The number of benzene rings is 2. The molecule has 29 heavy (non-hydrogen) atoms. The highest BCUT2D eigenvalue weighted by atomic mass is 16.5. The lowest BCUT2D eigenvalue weighted by molar-refractivity contribution is 0.230. The van der Waals surface area contributed by atoms with Crippen LogP contribution in [-0.2, 0) is 0 Å². The van der Waals surface area contributed by atoms with Crippen molar-refractivity contribution in [3.8, 4) is 22.7 Å². The van der Waals surface area contributed by atoms with Gasteiger partial charge in [-0.25, -0.2) is 0 Å². The fourth-order valence-electron chi connectivity index (χ4n) is 3.82. The summed E-state index contributed by atoms with van der Waals surface area (Å²) in [6, 6.07) is 21.4. The number of para-hydroxylation sites is 1. The first-order valence-electron chi connectivity index (χ1n) is 10.3. The first-order valence-corrected chi connectivity index (χ1v) is 10.3.